The number of thioether (sulfide) groups is 1. The number of rotatable bonds is 5. The van der Waals surface area contributed by atoms with Crippen LogP contribution >= 0.6 is 11.8 Å². The zero-order valence-corrected chi connectivity index (χ0v) is 14.6. The SMILES string of the molecule is CSc1ccccc1C(=O)OCC(=O)N[C@]1(C)CCS(=O)(=O)C1. The molecule has 1 heterocycles. The molecule has 1 aliphatic heterocycles. The average Bonchev–Trinajstić information content (AvgIpc) is 2.78. The van der Waals surface area contributed by atoms with E-state index >= 15 is 0 Å². The van der Waals surface area contributed by atoms with Crippen molar-refractivity contribution in [2.45, 2.75) is 23.8 Å². The van der Waals surface area contributed by atoms with Crippen LogP contribution in [0.2, 0.25) is 0 Å². The van der Waals surface area contributed by atoms with E-state index in [-0.39, 0.29) is 11.5 Å². The van der Waals surface area contributed by atoms with Crippen LogP contribution in [0.4, 0.5) is 0 Å². The number of benzene rings is 1. The maximum atomic E-state index is 12.0. The van der Waals surface area contributed by atoms with Crippen LogP contribution in [0, 0.1) is 0 Å². The zero-order chi connectivity index (χ0) is 17.1. The van der Waals surface area contributed by atoms with Gasteiger partial charge in [0.25, 0.3) is 5.91 Å². The monoisotopic (exact) mass is 357 g/mol. The second kappa shape index (κ2) is 6.92. The number of hydrogen-bond donors (Lipinski definition) is 1. The number of ether oxygens (including phenoxy) is 1. The molecule has 0 aliphatic carbocycles. The first-order valence-electron chi connectivity index (χ1n) is 7.06. The highest BCUT2D eigenvalue weighted by atomic mass is 32.2. The van der Waals surface area contributed by atoms with E-state index in [1.807, 2.05) is 12.3 Å². The fraction of sp³-hybridized carbons (Fsp3) is 0.467. The molecule has 1 saturated heterocycles. The van der Waals surface area contributed by atoms with Gasteiger partial charge in [-0.2, -0.15) is 0 Å². The van der Waals surface area contributed by atoms with Crippen molar-refractivity contribution in [3.63, 3.8) is 0 Å². The second-order valence-corrected chi connectivity index (χ2v) is 8.76. The van der Waals surface area contributed by atoms with Gasteiger partial charge in [0.2, 0.25) is 0 Å². The van der Waals surface area contributed by atoms with Gasteiger partial charge in [-0.25, -0.2) is 13.2 Å². The Bertz CT molecular complexity index is 716. The molecule has 6 nitrogen and oxygen atoms in total. The number of amides is 1. The molecule has 0 radical (unpaired) electrons. The van der Waals surface area contributed by atoms with E-state index < -0.39 is 33.9 Å². The van der Waals surface area contributed by atoms with Crippen LogP contribution in [0.3, 0.4) is 0 Å². The van der Waals surface area contributed by atoms with Crippen molar-refractivity contribution in [2.75, 3.05) is 24.4 Å². The summed E-state index contributed by atoms with van der Waals surface area (Å²) in [5.41, 5.74) is -0.387. The van der Waals surface area contributed by atoms with Gasteiger partial charge in [0.15, 0.2) is 16.4 Å². The van der Waals surface area contributed by atoms with Crippen LogP contribution in [0.25, 0.3) is 0 Å². The van der Waals surface area contributed by atoms with Crippen molar-refractivity contribution >= 4 is 33.5 Å². The predicted octanol–water partition coefficient (Wildman–Crippen LogP) is 1.26. The molecule has 1 amide bonds. The molecule has 0 aromatic heterocycles. The Labute approximate surface area is 139 Å². The minimum atomic E-state index is -3.11. The van der Waals surface area contributed by atoms with Crippen LogP contribution in [0.15, 0.2) is 29.2 Å². The van der Waals surface area contributed by atoms with Gasteiger partial charge in [0, 0.05) is 4.90 Å². The van der Waals surface area contributed by atoms with E-state index in [4.69, 9.17) is 4.74 Å². The van der Waals surface area contributed by atoms with Gasteiger partial charge < -0.3 is 10.1 Å². The van der Waals surface area contributed by atoms with Gasteiger partial charge >= 0.3 is 5.97 Å². The third-order valence-corrected chi connectivity index (χ3v) is 6.30. The van der Waals surface area contributed by atoms with Crippen LogP contribution < -0.4 is 5.32 Å². The van der Waals surface area contributed by atoms with Gasteiger partial charge in [0.1, 0.15) is 0 Å². The molecule has 1 aliphatic rings. The normalized spacial score (nSPS) is 22.5. The maximum Gasteiger partial charge on any atom is 0.339 e. The molecule has 2 rings (SSSR count). The zero-order valence-electron chi connectivity index (χ0n) is 13.0. The van der Waals surface area contributed by atoms with Gasteiger partial charge in [-0.3, -0.25) is 4.79 Å². The van der Waals surface area contributed by atoms with E-state index in [1.54, 1.807) is 25.1 Å². The fourth-order valence-electron chi connectivity index (χ4n) is 2.50. The van der Waals surface area contributed by atoms with Gasteiger partial charge in [-0.15, -0.1) is 11.8 Å². The van der Waals surface area contributed by atoms with E-state index in [0.29, 0.717) is 12.0 Å². The number of carbonyl (C=O) groups is 2. The summed E-state index contributed by atoms with van der Waals surface area (Å²) in [6, 6.07) is 6.97. The average molecular weight is 357 g/mol. The van der Waals surface area contributed by atoms with Gasteiger partial charge in [-0.05, 0) is 31.7 Å². The van der Waals surface area contributed by atoms with E-state index in [2.05, 4.69) is 5.32 Å². The summed E-state index contributed by atoms with van der Waals surface area (Å²) in [6.45, 7) is 1.25. The van der Waals surface area contributed by atoms with Crippen LogP contribution in [-0.2, 0) is 19.4 Å². The fourth-order valence-corrected chi connectivity index (χ4v) is 5.18. The van der Waals surface area contributed by atoms with Crippen LogP contribution in [0.1, 0.15) is 23.7 Å². The first kappa shape index (κ1) is 17.8. The Kier molecular flexibility index (Phi) is 5.36. The summed E-state index contributed by atoms with van der Waals surface area (Å²) in [5, 5.41) is 2.65. The number of esters is 1. The lowest BCUT2D eigenvalue weighted by Gasteiger charge is -2.23. The molecular weight excluding hydrogens is 338 g/mol. The van der Waals surface area contributed by atoms with Crippen LogP contribution in [0.5, 0.6) is 0 Å². The molecule has 1 fully saturated rings. The summed E-state index contributed by atoms with van der Waals surface area (Å²) in [4.78, 5) is 24.7. The largest absolute Gasteiger partial charge is 0.452 e. The Morgan fingerprint density at radius 3 is 2.65 bits per heavy atom. The first-order valence-corrected chi connectivity index (χ1v) is 10.1. The van der Waals surface area contributed by atoms with Crippen molar-refractivity contribution in [2.24, 2.45) is 0 Å². The smallest absolute Gasteiger partial charge is 0.339 e. The molecule has 23 heavy (non-hydrogen) atoms. The molecular formula is C15H19NO5S2. The second-order valence-electron chi connectivity index (χ2n) is 5.73. The quantitative estimate of drug-likeness (QED) is 0.630. The lowest BCUT2D eigenvalue weighted by Crippen LogP contribution is -2.48. The van der Waals surface area contributed by atoms with E-state index in [9.17, 15) is 18.0 Å². The van der Waals surface area contributed by atoms with Gasteiger partial charge in [0.05, 0.1) is 22.6 Å². The summed E-state index contributed by atoms with van der Waals surface area (Å²) >= 11 is 1.42. The Hall–Kier alpha value is -1.54. The third kappa shape index (κ3) is 4.71. The minimum Gasteiger partial charge on any atom is -0.452 e. The highest BCUT2D eigenvalue weighted by Gasteiger charge is 2.39. The topological polar surface area (TPSA) is 89.5 Å². The molecule has 1 N–H and O–H groups in total. The molecule has 0 spiro atoms. The number of sulfone groups is 1. The highest BCUT2D eigenvalue weighted by molar-refractivity contribution is 7.98. The molecule has 0 unspecified atom stereocenters. The Morgan fingerprint density at radius 1 is 1.35 bits per heavy atom. The summed E-state index contributed by atoms with van der Waals surface area (Å²) in [7, 11) is -3.11. The van der Waals surface area contributed by atoms with Crippen LogP contribution in [-0.4, -0.2) is 50.2 Å². The Morgan fingerprint density at radius 2 is 2.04 bits per heavy atom. The molecule has 0 saturated carbocycles. The molecule has 1 aromatic carbocycles. The molecule has 0 bridgehead atoms. The predicted molar refractivity (Wildman–Crippen MR) is 88.3 cm³/mol. The molecule has 126 valence electrons. The summed E-state index contributed by atoms with van der Waals surface area (Å²) in [5.74, 6) is -1.10. The van der Waals surface area contributed by atoms with Gasteiger partial charge in [-0.1, -0.05) is 12.1 Å². The molecule has 8 heteroatoms. The third-order valence-electron chi connectivity index (χ3n) is 3.61. The lowest BCUT2D eigenvalue weighted by atomic mass is 10.0. The van der Waals surface area contributed by atoms with Crippen molar-refractivity contribution < 1.29 is 22.7 Å². The molecule has 1 aromatic rings. The Balaban J connectivity index is 1.91. The maximum absolute atomic E-state index is 12.0. The lowest BCUT2D eigenvalue weighted by molar-refractivity contribution is -0.125. The first-order chi connectivity index (χ1) is 10.7. The van der Waals surface area contributed by atoms with E-state index in [0.717, 1.165) is 4.90 Å². The van der Waals surface area contributed by atoms with Crippen molar-refractivity contribution in [1.29, 1.82) is 0 Å². The number of hydrogen-bond acceptors (Lipinski definition) is 6. The van der Waals surface area contributed by atoms with Crippen molar-refractivity contribution in [3.8, 4) is 0 Å². The standard InChI is InChI=1S/C15H19NO5S2/c1-15(7-8-23(19,20)10-15)16-13(17)9-21-14(18)11-5-3-4-6-12(11)22-2/h3-6H,7-10H2,1-2H3,(H,16,17)/t15-/m1/s1. The summed E-state index contributed by atoms with van der Waals surface area (Å²) in [6.07, 6.45) is 2.21. The van der Waals surface area contributed by atoms with Crippen molar-refractivity contribution in [1.82, 2.24) is 5.32 Å². The number of carbonyl (C=O) groups excluding carboxylic acids is 2. The molecule has 1 atom stereocenters. The summed E-state index contributed by atoms with van der Waals surface area (Å²) < 4.78 is 28.0. The minimum absolute atomic E-state index is 0.0602. The number of nitrogens with one attached hydrogen (secondary N) is 1. The van der Waals surface area contributed by atoms with Crippen molar-refractivity contribution in [3.05, 3.63) is 29.8 Å². The van der Waals surface area contributed by atoms with E-state index in [1.165, 1.54) is 11.8 Å². The highest BCUT2D eigenvalue weighted by Crippen LogP contribution is 2.23.